The molecule has 6 rings (SSSR count). The first kappa shape index (κ1) is 26.5. The second-order valence-electron chi connectivity index (χ2n) is 9.24. The number of halogens is 3. The maximum atomic E-state index is 13.0. The molecule has 0 bridgehead atoms. The van der Waals surface area contributed by atoms with Crippen LogP contribution in [0.3, 0.4) is 0 Å². The fourth-order valence-electron chi connectivity index (χ4n) is 4.81. The number of benzene rings is 1. The van der Waals surface area contributed by atoms with Crippen LogP contribution < -0.4 is 4.18 Å². The van der Waals surface area contributed by atoms with E-state index in [2.05, 4.69) is 24.5 Å². The molecule has 0 saturated carbocycles. The number of fused-ring (bicyclic) bond motifs is 1. The van der Waals surface area contributed by atoms with Crippen LogP contribution in [0.15, 0.2) is 63.9 Å². The van der Waals surface area contributed by atoms with Gasteiger partial charge in [-0.25, -0.2) is 14.5 Å². The molecule has 1 fully saturated rings. The van der Waals surface area contributed by atoms with Crippen molar-refractivity contribution in [2.24, 2.45) is 15.2 Å². The number of pyridine rings is 1. The Balaban J connectivity index is 1.53. The molecule has 3 aromatic heterocycles. The molecule has 15 heteroatoms. The lowest BCUT2D eigenvalue weighted by molar-refractivity contribution is -0.0500. The zero-order valence-electron chi connectivity index (χ0n) is 20.9. The van der Waals surface area contributed by atoms with Gasteiger partial charge < -0.3 is 8.92 Å². The fourth-order valence-corrected chi connectivity index (χ4v) is 6.58. The van der Waals surface area contributed by atoms with Gasteiger partial charge in [-0.15, -0.1) is 21.6 Å². The molecule has 2 atom stereocenters. The first-order chi connectivity index (χ1) is 19.1. The number of nitrogens with zero attached hydrogens (tertiary/aromatic N) is 6. The average molecular weight is 591 g/mol. The maximum Gasteiger partial charge on any atom is 0.534 e. The van der Waals surface area contributed by atoms with Crippen molar-refractivity contribution in [2.45, 2.75) is 43.5 Å². The van der Waals surface area contributed by atoms with Crippen LogP contribution in [-0.4, -0.2) is 47.6 Å². The second kappa shape index (κ2) is 9.74. The van der Waals surface area contributed by atoms with E-state index in [4.69, 9.17) is 9.72 Å². The molecule has 10 nitrogen and oxygen atoms in total. The third kappa shape index (κ3) is 4.47. The van der Waals surface area contributed by atoms with Gasteiger partial charge >= 0.3 is 15.6 Å². The minimum atomic E-state index is -5.86. The van der Waals surface area contributed by atoms with Crippen LogP contribution in [0.4, 0.5) is 13.2 Å². The standard InChI is InChI=1S/C25H21F3N6O4S2/c1-15-20(18-13-17(10-11-34(18)32-15)38-40(35,36)25(26,27)28)23-31-21(16-7-3-2-4-8-16)22(39-23)24(29-14-30-33-24)19-9-5-6-12-37-19/h2-4,7-8,10-11,13-14,19H,5-6,9,12H2,1H3. The summed E-state index contributed by atoms with van der Waals surface area (Å²) in [6.07, 6.45) is 4.96. The Hall–Kier alpha value is -3.69. The average Bonchev–Trinajstić information content (AvgIpc) is 3.66. The molecule has 0 N–H and O–H groups in total. The molecule has 1 saturated heterocycles. The Morgan fingerprint density at radius 1 is 1.18 bits per heavy atom. The predicted octanol–water partition coefficient (Wildman–Crippen LogP) is 5.88. The highest BCUT2D eigenvalue weighted by Crippen LogP contribution is 2.49. The number of azo groups is 1. The number of thiazole rings is 1. The minimum Gasteiger partial charge on any atom is -0.376 e. The molecule has 2 aliphatic rings. The van der Waals surface area contributed by atoms with Crippen LogP contribution in [0.25, 0.3) is 27.3 Å². The van der Waals surface area contributed by atoms with E-state index in [0.717, 1.165) is 30.9 Å². The molecule has 4 aromatic rings. The van der Waals surface area contributed by atoms with Crippen molar-refractivity contribution in [3.8, 4) is 27.6 Å². The number of alkyl halides is 3. The third-order valence-corrected chi connectivity index (χ3v) is 8.80. The highest BCUT2D eigenvalue weighted by Gasteiger charge is 2.49. The SMILES string of the molecule is Cc1nn2ccc(OS(=O)(=O)C(F)(F)F)cc2c1-c1nc(-c2ccccc2)c(C2(C3CCCCO3)N=CN=N2)s1. The zero-order chi connectivity index (χ0) is 28.1. The largest absolute Gasteiger partial charge is 0.534 e. The Morgan fingerprint density at radius 2 is 1.98 bits per heavy atom. The number of aliphatic imine (C=N–C) groups is 1. The monoisotopic (exact) mass is 590 g/mol. The van der Waals surface area contributed by atoms with Crippen LogP contribution in [0.1, 0.15) is 29.8 Å². The second-order valence-corrected chi connectivity index (χ2v) is 11.8. The Bertz CT molecular complexity index is 1730. The van der Waals surface area contributed by atoms with Crippen LogP contribution in [-0.2, 0) is 20.5 Å². The fraction of sp³-hybridized carbons (Fsp3) is 0.320. The van der Waals surface area contributed by atoms with Gasteiger partial charge in [0, 0.05) is 30.5 Å². The van der Waals surface area contributed by atoms with Gasteiger partial charge in [-0.2, -0.15) is 26.7 Å². The number of aryl methyl sites for hydroxylation is 1. The summed E-state index contributed by atoms with van der Waals surface area (Å²) in [5, 5.41) is 13.6. The van der Waals surface area contributed by atoms with Crippen molar-refractivity contribution in [1.29, 1.82) is 0 Å². The van der Waals surface area contributed by atoms with Gasteiger partial charge in [0.05, 0.1) is 27.3 Å². The van der Waals surface area contributed by atoms with E-state index in [9.17, 15) is 21.6 Å². The summed E-state index contributed by atoms with van der Waals surface area (Å²) in [6.45, 7) is 2.30. The van der Waals surface area contributed by atoms with Crippen molar-refractivity contribution < 1.29 is 30.5 Å². The van der Waals surface area contributed by atoms with Gasteiger partial charge in [0.15, 0.2) is 0 Å². The van der Waals surface area contributed by atoms with Crippen molar-refractivity contribution in [2.75, 3.05) is 6.61 Å². The number of hydrogen-bond acceptors (Lipinski definition) is 10. The predicted molar refractivity (Wildman–Crippen MR) is 141 cm³/mol. The van der Waals surface area contributed by atoms with Gasteiger partial charge in [0.2, 0.25) is 5.66 Å². The molecule has 208 valence electrons. The summed E-state index contributed by atoms with van der Waals surface area (Å²) >= 11 is 1.30. The molecule has 0 amide bonds. The normalized spacial score (nSPS) is 21.4. The molecule has 0 aliphatic carbocycles. The number of rotatable bonds is 6. The van der Waals surface area contributed by atoms with E-state index in [1.165, 1.54) is 34.5 Å². The Morgan fingerprint density at radius 3 is 2.65 bits per heavy atom. The van der Waals surface area contributed by atoms with Gasteiger partial charge in [0.1, 0.15) is 23.2 Å². The molecular formula is C25H21F3N6O4S2. The molecular weight excluding hydrogens is 569 g/mol. The number of hydrogen-bond donors (Lipinski definition) is 0. The molecule has 0 radical (unpaired) electrons. The topological polar surface area (TPSA) is 120 Å². The molecule has 2 unspecified atom stereocenters. The highest BCUT2D eigenvalue weighted by atomic mass is 32.2. The van der Waals surface area contributed by atoms with E-state index < -0.39 is 27.0 Å². The summed E-state index contributed by atoms with van der Waals surface area (Å²) < 4.78 is 74.0. The van der Waals surface area contributed by atoms with E-state index in [0.29, 0.717) is 39.0 Å². The minimum absolute atomic E-state index is 0.312. The molecule has 40 heavy (non-hydrogen) atoms. The highest BCUT2D eigenvalue weighted by molar-refractivity contribution is 7.88. The van der Waals surface area contributed by atoms with E-state index >= 15 is 0 Å². The summed E-state index contributed by atoms with van der Waals surface area (Å²) in [5.74, 6) is -0.507. The zero-order valence-corrected chi connectivity index (χ0v) is 22.5. The van der Waals surface area contributed by atoms with Gasteiger partial charge in [-0.05, 0) is 26.2 Å². The van der Waals surface area contributed by atoms with Crippen LogP contribution in [0.5, 0.6) is 5.75 Å². The Kier molecular flexibility index (Phi) is 6.46. The maximum absolute atomic E-state index is 13.0. The van der Waals surface area contributed by atoms with Crippen LogP contribution >= 0.6 is 11.3 Å². The molecule has 1 aromatic carbocycles. The van der Waals surface area contributed by atoms with Crippen LogP contribution in [0.2, 0.25) is 0 Å². The third-order valence-electron chi connectivity index (χ3n) is 6.64. The lowest BCUT2D eigenvalue weighted by Gasteiger charge is -2.33. The molecule has 0 spiro atoms. The first-order valence-corrected chi connectivity index (χ1v) is 14.5. The molecule has 2 aliphatic heterocycles. The van der Waals surface area contributed by atoms with Gasteiger partial charge in [-0.3, -0.25) is 0 Å². The quantitative estimate of drug-likeness (QED) is 0.204. The van der Waals surface area contributed by atoms with E-state index in [1.807, 2.05) is 30.3 Å². The molecule has 5 heterocycles. The van der Waals surface area contributed by atoms with Gasteiger partial charge in [-0.1, -0.05) is 30.3 Å². The van der Waals surface area contributed by atoms with Crippen molar-refractivity contribution in [3.63, 3.8) is 0 Å². The Labute approximate surface area is 230 Å². The summed E-state index contributed by atoms with van der Waals surface area (Å²) in [4.78, 5) is 10.3. The van der Waals surface area contributed by atoms with Crippen molar-refractivity contribution in [1.82, 2.24) is 14.6 Å². The number of aromatic nitrogens is 3. The van der Waals surface area contributed by atoms with Gasteiger partial charge in [0.25, 0.3) is 0 Å². The number of ether oxygens (including phenoxy) is 1. The van der Waals surface area contributed by atoms with E-state index in [1.54, 1.807) is 6.92 Å². The smallest absolute Gasteiger partial charge is 0.376 e. The lowest BCUT2D eigenvalue weighted by atomic mass is 9.93. The summed E-state index contributed by atoms with van der Waals surface area (Å²) in [7, 11) is -5.86. The first-order valence-electron chi connectivity index (χ1n) is 12.2. The van der Waals surface area contributed by atoms with E-state index in [-0.39, 0.29) is 6.10 Å². The van der Waals surface area contributed by atoms with Crippen LogP contribution in [0, 0.1) is 6.92 Å². The summed E-state index contributed by atoms with van der Waals surface area (Å²) in [6, 6.07) is 11.7. The summed E-state index contributed by atoms with van der Waals surface area (Å²) in [5.41, 5.74) is -3.96. The van der Waals surface area contributed by atoms with Crippen molar-refractivity contribution >= 4 is 33.3 Å². The van der Waals surface area contributed by atoms with Crippen molar-refractivity contribution in [3.05, 3.63) is 59.2 Å². The lowest BCUT2D eigenvalue weighted by Crippen LogP contribution is -2.39.